The summed E-state index contributed by atoms with van der Waals surface area (Å²) >= 11 is 0. The molecule has 0 saturated carbocycles. The largest absolute Gasteiger partial charge is 0.491 e. The molecule has 0 unspecified atom stereocenters. The van der Waals surface area contributed by atoms with E-state index in [0.29, 0.717) is 46.2 Å². The van der Waals surface area contributed by atoms with Crippen LogP contribution in [0.2, 0.25) is 0 Å². The van der Waals surface area contributed by atoms with Gasteiger partial charge in [-0.15, -0.1) is 0 Å². The van der Waals surface area contributed by atoms with Crippen molar-refractivity contribution in [2.24, 2.45) is 0 Å². The molecule has 3 aromatic rings. The Labute approximate surface area is 251 Å². The zero-order valence-corrected chi connectivity index (χ0v) is 25.2. The molecule has 42 heavy (non-hydrogen) atoms. The van der Waals surface area contributed by atoms with Crippen LogP contribution in [-0.2, 0) is 20.6 Å². The Hall–Kier alpha value is -3.35. The normalized spacial score (nSPS) is 12.1. The molecule has 0 fully saturated rings. The summed E-state index contributed by atoms with van der Waals surface area (Å²) in [7, 11) is 0. The first-order valence-corrected chi connectivity index (χ1v) is 15.7. The molecule has 0 aromatic heterocycles. The van der Waals surface area contributed by atoms with Gasteiger partial charge in [0.2, 0.25) is 0 Å². The van der Waals surface area contributed by atoms with Crippen LogP contribution < -0.4 is 10.1 Å². The molecule has 0 saturated heterocycles. The van der Waals surface area contributed by atoms with Crippen molar-refractivity contribution in [2.45, 2.75) is 64.2 Å². The lowest BCUT2D eigenvalue weighted by molar-refractivity contribution is 0.0369. The van der Waals surface area contributed by atoms with Crippen molar-refractivity contribution < 1.29 is 23.7 Å². The van der Waals surface area contributed by atoms with Gasteiger partial charge in [0.05, 0.1) is 26.4 Å². The lowest BCUT2D eigenvalue weighted by Crippen LogP contribution is -2.29. The van der Waals surface area contributed by atoms with Gasteiger partial charge in [-0.1, -0.05) is 106 Å². The number of aryl methyl sites for hydroxylation is 1. The molecule has 1 N–H and O–H groups in total. The van der Waals surface area contributed by atoms with Gasteiger partial charge in [-0.2, -0.15) is 0 Å². The maximum Gasteiger partial charge on any atom is 0.407 e. The van der Waals surface area contributed by atoms with Gasteiger partial charge < -0.3 is 24.3 Å². The third-order valence-corrected chi connectivity index (χ3v) is 7.72. The molecule has 4 rings (SSSR count). The summed E-state index contributed by atoms with van der Waals surface area (Å²) in [6.45, 7) is 5.29. The summed E-state index contributed by atoms with van der Waals surface area (Å²) in [5, 5.41) is 2.76. The zero-order chi connectivity index (χ0) is 29.2. The van der Waals surface area contributed by atoms with Crippen molar-refractivity contribution in [3.05, 3.63) is 89.5 Å². The van der Waals surface area contributed by atoms with Gasteiger partial charge in [0.15, 0.2) is 0 Å². The Balaban J connectivity index is 0.973. The summed E-state index contributed by atoms with van der Waals surface area (Å²) in [4.78, 5) is 12.2. The van der Waals surface area contributed by atoms with Crippen molar-refractivity contribution in [3.8, 4) is 16.9 Å². The summed E-state index contributed by atoms with van der Waals surface area (Å²) in [5.41, 5.74) is 6.21. The van der Waals surface area contributed by atoms with Gasteiger partial charge >= 0.3 is 6.09 Å². The predicted molar refractivity (Wildman–Crippen MR) is 168 cm³/mol. The van der Waals surface area contributed by atoms with E-state index in [9.17, 15) is 4.79 Å². The Kier molecular flexibility index (Phi) is 13.7. The van der Waals surface area contributed by atoms with Crippen LogP contribution in [0.25, 0.3) is 11.1 Å². The molecule has 1 aliphatic rings. The van der Waals surface area contributed by atoms with Crippen molar-refractivity contribution in [3.63, 3.8) is 0 Å². The van der Waals surface area contributed by atoms with E-state index >= 15 is 0 Å². The first-order chi connectivity index (χ1) is 20.8. The standard InChI is InChI=1S/C36H47NO5/c1-2-3-4-5-6-7-8-13-29-18-20-30(21-19-29)41-27-26-40-25-24-39-23-22-37-36(38)42-28-35-33-16-11-9-14-31(33)32-15-10-12-17-34(32)35/h9-12,14-21,35H,2-8,13,22-28H2,1H3,(H,37,38). The SMILES string of the molecule is CCCCCCCCCc1ccc(OCCOCCOCCNC(=O)OCC2c3ccccc3-c3ccccc32)cc1. The number of nitrogens with one attached hydrogen (secondary N) is 1. The number of amides is 1. The summed E-state index contributed by atoms with van der Waals surface area (Å²) in [5.74, 6) is 0.928. The minimum atomic E-state index is -0.431. The molecule has 0 aliphatic heterocycles. The fourth-order valence-electron chi connectivity index (χ4n) is 5.45. The van der Waals surface area contributed by atoms with Gasteiger partial charge in [-0.05, 0) is 52.8 Å². The minimum Gasteiger partial charge on any atom is -0.491 e. The molecular weight excluding hydrogens is 526 g/mol. The van der Waals surface area contributed by atoms with Gasteiger partial charge in [-0.25, -0.2) is 4.79 Å². The van der Waals surface area contributed by atoms with E-state index in [1.165, 1.54) is 72.8 Å². The van der Waals surface area contributed by atoms with E-state index in [4.69, 9.17) is 18.9 Å². The highest BCUT2D eigenvalue weighted by Gasteiger charge is 2.28. The molecule has 0 heterocycles. The number of hydrogen-bond acceptors (Lipinski definition) is 5. The van der Waals surface area contributed by atoms with E-state index in [2.05, 4.69) is 48.6 Å². The fourth-order valence-corrected chi connectivity index (χ4v) is 5.45. The predicted octanol–water partition coefficient (Wildman–Crippen LogP) is 7.93. The van der Waals surface area contributed by atoms with Crippen LogP contribution in [0, 0.1) is 0 Å². The van der Waals surface area contributed by atoms with Gasteiger partial charge in [0.1, 0.15) is 19.0 Å². The molecule has 226 valence electrons. The van der Waals surface area contributed by atoms with E-state index in [-0.39, 0.29) is 5.92 Å². The number of rotatable bonds is 20. The third kappa shape index (κ3) is 10.2. The second-order valence-electron chi connectivity index (χ2n) is 10.8. The topological polar surface area (TPSA) is 66.0 Å². The quantitative estimate of drug-likeness (QED) is 0.139. The van der Waals surface area contributed by atoms with E-state index in [1.807, 2.05) is 36.4 Å². The number of ether oxygens (including phenoxy) is 4. The number of unbranched alkanes of at least 4 members (excludes halogenated alkanes) is 6. The average molecular weight is 574 g/mol. The number of carbonyl (C=O) groups excluding carboxylic acids is 1. The number of alkyl carbamates (subject to hydrolysis) is 1. The van der Waals surface area contributed by atoms with Gasteiger partial charge in [-0.3, -0.25) is 0 Å². The summed E-state index contributed by atoms with van der Waals surface area (Å²) in [6, 6.07) is 25.0. The molecule has 0 atom stereocenters. The molecule has 0 radical (unpaired) electrons. The summed E-state index contributed by atoms with van der Waals surface area (Å²) in [6.07, 6.45) is 10.1. The second-order valence-corrected chi connectivity index (χ2v) is 10.8. The average Bonchev–Trinajstić information content (AvgIpc) is 3.34. The Morgan fingerprint density at radius 1 is 0.690 bits per heavy atom. The van der Waals surface area contributed by atoms with E-state index in [1.54, 1.807) is 0 Å². The van der Waals surface area contributed by atoms with Gasteiger partial charge in [0.25, 0.3) is 0 Å². The van der Waals surface area contributed by atoms with Crippen LogP contribution in [0.3, 0.4) is 0 Å². The fraction of sp³-hybridized carbons (Fsp3) is 0.472. The third-order valence-electron chi connectivity index (χ3n) is 7.72. The maximum absolute atomic E-state index is 12.2. The highest BCUT2D eigenvalue weighted by Crippen LogP contribution is 2.44. The molecule has 0 bridgehead atoms. The van der Waals surface area contributed by atoms with Crippen molar-refractivity contribution in [2.75, 3.05) is 46.2 Å². The number of fused-ring (bicyclic) bond motifs is 3. The van der Waals surface area contributed by atoms with Crippen molar-refractivity contribution in [1.82, 2.24) is 5.32 Å². The van der Waals surface area contributed by atoms with E-state index in [0.717, 1.165) is 12.2 Å². The lowest BCUT2D eigenvalue weighted by Gasteiger charge is -2.14. The van der Waals surface area contributed by atoms with Crippen molar-refractivity contribution >= 4 is 6.09 Å². The molecule has 1 amide bonds. The van der Waals surface area contributed by atoms with Crippen LogP contribution in [0.15, 0.2) is 72.8 Å². The number of hydrogen-bond donors (Lipinski definition) is 1. The number of carbonyl (C=O) groups is 1. The van der Waals surface area contributed by atoms with Crippen LogP contribution in [0.4, 0.5) is 4.79 Å². The maximum atomic E-state index is 12.2. The first-order valence-electron chi connectivity index (χ1n) is 15.7. The molecule has 0 spiro atoms. The van der Waals surface area contributed by atoms with Crippen molar-refractivity contribution in [1.29, 1.82) is 0 Å². The molecule has 6 nitrogen and oxygen atoms in total. The highest BCUT2D eigenvalue weighted by molar-refractivity contribution is 5.79. The van der Waals surface area contributed by atoms with Gasteiger partial charge in [0, 0.05) is 12.5 Å². The van der Waals surface area contributed by atoms with Crippen LogP contribution in [0.1, 0.15) is 74.5 Å². The van der Waals surface area contributed by atoms with Crippen LogP contribution in [0.5, 0.6) is 5.75 Å². The number of benzene rings is 3. The second kappa shape index (κ2) is 18.2. The highest BCUT2D eigenvalue weighted by atomic mass is 16.6. The Morgan fingerprint density at radius 2 is 1.29 bits per heavy atom. The Bertz CT molecular complexity index is 1150. The zero-order valence-electron chi connectivity index (χ0n) is 25.2. The van der Waals surface area contributed by atoms with Crippen LogP contribution >= 0.6 is 0 Å². The minimum absolute atomic E-state index is 0.0552. The summed E-state index contributed by atoms with van der Waals surface area (Å²) < 4.78 is 22.5. The molecule has 1 aliphatic carbocycles. The van der Waals surface area contributed by atoms with E-state index < -0.39 is 6.09 Å². The first kappa shape index (κ1) is 31.6. The lowest BCUT2D eigenvalue weighted by atomic mass is 9.98. The molecule has 3 aromatic carbocycles. The Morgan fingerprint density at radius 3 is 1.98 bits per heavy atom. The van der Waals surface area contributed by atoms with Crippen LogP contribution in [-0.4, -0.2) is 52.3 Å². The smallest absolute Gasteiger partial charge is 0.407 e. The molecule has 6 heteroatoms. The molecular formula is C36H47NO5. The monoisotopic (exact) mass is 573 g/mol.